The molecule has 0 saturated heterocycles. The predicted molar refractivity (Wildman–Crippen MR) is 93.9 cm³/mol. The third-order valence-corrected chi connectivity index (χ3v) is 4.30. The number of hydrogen-bond acceptors (Lipinski definition) is 2. The van der Waals surface area contributed by atoms with Gasteiger partial charge in [-0.3, -0.25) is 0 Å². The summed E-state index contributed by atoms with van der Waals surface area (Å²) in [7, 11) is 0. The molecule has 0 aromatic heterocycles. The Bertz CT molecular complexity index is 505. The van der Waals surface area contributed by atoms with Gasteiger partial charge >= 0.3 is 0 Å². The van der Waals surface area contributed by atoms with Gasteiger partial charge in [-0.25, -0.2) is 0 Å². The molecule has 0 saturated carbocycles. The fourth-order valence-corrected chi connectivity index (χ4v) is 3.09. The molecule has 112 valence electrons. The summed E-state index contributed by atoms with van der Waals surface area (Å²) in [4.78, 5) is 1.34. The van der Waals surface area contributed by atoms with Gasteiger partial charge in [-0.05, 0) is 35.6 Å². The van der Waals surface area contributed by atoms with Crippen molar-refractivity contribution in [2.24, 2.45) is 5.92 Å². The van der Waals surface area contributed by atoms with Gasteiger partial charge in [0.2, 0.25) is 0 Å². The molecule has 2 heteroatoms. The highest BCUT2D eigenvalue weighted by Crippen LogP contribution is 2.16. The average Bonchev–Trinajstić information content (AvgIpc) is 2.49. The summed E-state index contributed by atoms with van der Waals surface area (Å²) in [6, 6.07) is 19.6. The second-order valence-electron chi connectivity index (χ2n) is 5.75. The van der Waals surface area contributed by atoms with Gasteiger partial charge in [0.1, 0.15) is 0 Å². The summed E-state index contributed by atoms with van der Waals surface area (Å²) >= 11 is 1.90. The number of benzene rings is 2. The van der Waals surface area contributed by atoms with Crippen LogP contribution >= 0.6 is 11.8 Å². The Morgan fingerprint density at radius 1 is 0.905 bits per heavy atom. The zero-order valence-electron chi connectivity index (χ0n) is 13.0. The molecule has 21 heavy (non-hydrogen) atoms. The first-order valence-corrected chi connectivity index (χ1v) is 8.69. The van der Waals surface area contributed by atoms with E-state index >= 15 is 0 Å². The van der Waals surface area contributed by atoms with E-state index in [4.69, 9.17) is 0 Å². The van der Waals surface area contributed by atoms with Crippen LogP contribution in [0, 0.1) is 5.92 Å². The third-order valence-electron chi connectivity index (χ3n) is 3.29. The summed E-state index contributed by atoms with van der Waals surface area (Å²) in [5.41, 5.74) is 2.81. The van der Waals surface area contributed by atoms with Crippen LogP contribution in [0.4, 0.5) is 0 Å². The number of hydrogen-bond donors (Lipinski definition) is 1. The summed E-state index contributed by atoms with van der Waals surface area (Å²) in [6.07, 6.45) is 1.17. The van der Waals surface area contributed by atoms with Crippen LogP contribution in [-0.2, 0) is 13.0 Å². The maximum Gasteiger partial charge on any atom is 0.0205 e. The molecule has 0 bridgehead atoms. The Kier molecular flexibility index (Phi) is 6.84. The van der Waals surface area contributed by atoms with E-state index < -0.39 is 0 Å². The van der Waals surface area contributed by atoms with Gasteiger partial charge in [0.25, 0.3) is 0 Å². The standard InChI is InChI=1S/C19H25NS/c1-16(2)14-17-8-10-18(11-9-17)15-20-12-13-21-19-6-4-3-5-7-19/h3-11,16,20H,12-15H2,1-2H3. The Hall–Kier alpha value is -1.25. The van der Waals surface area contributed by atoms with Gasteiger partial charge in [-0.15, -0.1) is 11.8 Å². The van der Waals surface area contributed by atoms with Gasteiger partial charge in [0.15, 0.2) is 0 Å². The van der Waals surface area contributed by atoms with Crippen LogP contribution in [-0.4, -0.2) is 12.3 Å². The molecule has 0 atom stereocenters. The van der Waals surface area contributed by atoms with Crippen molar-refractivity contribution in [2.75, 3.05) is 12.3 Å². The third kappa shape index (κ3) is 6.36. The van der Waals surface area contributed by atoms with Crippen molar-refractivity contribution >= 4 is 11.8 Å². The summed E-state index contributed by atoms with van der Waals surface area (Å²) in [5, 5.41) is 3.51. The number of nitrogens with one attached hydrogen (secondary N) is 1. The predicted octanol–water partition coefficient (Wildman–Crippen LogP) is 4.77. The van der Waals surface area contributed by atoms with Crippen molar-refractivity contribution in [1.29, 1.82) is 0 Å². The van der Waals surface area contributed by atoms with E-state index in [-0.39, 0.29) is 0 Å². The molecule has 0 unspecified atom stereocenters. The lowest BCUT2D eigenvalue weighted by molar-refractivity contribution is 0.646. The zero-order chi connectivity index (χ0) is 14.9. The van der Waals surface area contributed by atoms with E-state index in [0.717, 1.165) is 24.8 Å². The molecule has 0 aliphatic heterocycles. The Morgan fingerprint density at radius 2 is 1.57 bits per heavy atom. The Balaban J connectivity index is 1.64. The molecule has 1 N–H and O–H groups in total. The Morgan fingerprint density at radius 3 is 2.24 bits per heavy atom. The van der Waals surface area contributed by atoms with E-state index in [1.54, 1.807) is 0 Å². The second-order valence-corrected chi connectivity index (χ2v) is 6.92. The number of thioether (sulfide) groups is 1. The molecule has 0 fully saturated rings. The first-order valence-electron chi connectivity index (χ1n) is 7.70. The quantitative estimate of drug-likeness (QED) is 0.557. The second kappa shape index (κ2) is 8.91. The van der Waals surface area contributed by atoms with Crippen LogP contribution in [0.15, 0.2) is 59.5 Å². The highest BCUT2D eigenvalue weighted by molar-refractivity contribution is 7.99. The van der Waals surface area contributed by atoms with Gasteiger partial charge in [0.05, 0.1) is 0 Å². The van der Waals surface area contributed by atoms with Crippen molar-refractivity contribution in [3.63, 3.8) is 0 Å². The lowest BCUT2D eigenvalue weighted by Crippen LogP contribution is -2.16. The fourth-order valence-electron chi connectivity index (χ4n) is 2.26. The average molecular weight is 299 g/mol. The molecule has 2 aromatic rings. The molecule has 0 aliphatic rings. The molecule has 0 heterocycles. The van der Waals surface area contributed by atoms with Crippen molar-refractivity contribution in [2.45, 2.75) is 31.7 Å². The lowest BCUT2D eigenvalue weighted by atomic mass is 10.0. The summed E-state index contributed by atoms with van der Waals surface area (Å²) in [5.74, 6) is 1.83. The maximum atomic E-state index is 3.51. The van der Waals surface area contributed by atoms with Gasteiger partial charge in [-0.2, -0.15) is 0 Å². The minimum absolute atomic E-state index is 0.726. The maximum absolute atomic E-state index is 3.51. The van der Waals surface area contributed by atoms with E-state index in [1.807, 2.05) is 11.8 Å². The molecular formula is C19H25NS. The van der Waals surface area contributed by atoms with Crippen LogP contribution in [0.25, 0.3) is 0 Å². The smallest absolute Gasteiger partial charge is 0.0205 e. The zero-order valence-corrected chi connectivity index (χ0v) is 13.8. The van der Waals surface area contributed by atoms with Crippen molar-refractivity contribution in [3.05, 3.63) is 65.7 Å². The summed E-state index contributed by atoms with van der Waals surface area (Å²) < 4.78 is 0. The Labute approximate surface area is 133 Å². The van der Waals surface area contributed by atoms with Crippen LogP contribution in [0.5, 0.6) is 0 Å². The topological polar surface area (TPSA) is 12.0 Å². The van der Waals surface area contributed by atoms with E-state index in [9.17, 15) is 0 Å². The van der Waals surface area contributed by atoms with Crippen molar-refractivity contribution < 1.29 is 0 Å². The molecule has 0 radical (unpaired) electrons. The summed E-state index contributed by atoms with van der Waals surface area (Å²) in [6.45, 7) is 6.52. The van der Waals surface area contributed by atoms with Gasteiger partial charge in [-0.1, -0.05) is 56.3 Å². The van der Waals surface area contributed by atoms with Crippen molar-refractivity contribution in [1.82, 2.24) is 5.32 Å². The molecular weight excluding hydrogens is 274 g/mol. The minimum atomic E-state index is 0.726. The van der Waals surface area contributed by atoms with E-state index in [0.29, 0.717) is 0 Å². The first-order chi connectivity index (χ1) is 10.2. The molecule has 1 nitrogen and oxygen atoms in total. The first kappa shape index (κ1) is 16.1. The minimum Gasteiger partial charge on any atom is -0.312 e. The van der Waals surface area contributed by atoms with E-state index in [1.165, 1.54) is 22.4 Å². The largest absolute Gasteiger partial charge is 0.312 e. The molecule has 0 amide bonds. The molecule has 0 aliphatic carbocycles. The van der Waals surface area contributed by atoms with Crippen LogP contribution in [0.3, 0.4) is 0 Å². The lowest BCUT2D eigenvalue weighted by Gasteiger charge is -2.08. The van der Waals surface area contributed by atoms with Crippen LogP contribution in [0.2, 0.25) is 0 Å². The SMILES string of the molecule is CC(C)Cc1ccc(CNCCSc2ccccc2)cc1. The molecule has 2 aromatic carbocycles. The van der Waals surface area contributed by atoms with Gasteiger partial charge in [0, 0.05) is 23.7 Å². The monoisotopic (exact) mass is 299 g/mol. The highest BCUT2D eigenvalue weighted by atomic mass is 32.2. The number of rotatable bonds is 8. The van der Waals surface area contributed by atoms with E-state index in [2.05, 4.69) is 73.8 Å². The fraction of sp³-hybridized carbons (Fsp3) is 0.368. The van der Waals surface area contributed by atoms with Gasteiger partial charge < -0.3 is 5.32 Å². The van der Waals surface area contributed by atoms with Crippen molar-refractivity contribution in [3.8, 4) is 0 Å². The van der Waals surface area contributed by atoms with Crippen LogP contribution in [0.1, 0.15) is 25.0 Å². The molecule has 0 spiro atoms. The van der Waals surface area contributed by atoms with Crippen LogP contribution < -0.4 is 5.32 Å². The molecule has 2 rings (SSSR count). The normalized spacial score (nSPS) is 11.0. The highest BCUT2D eigenvalue weighted by Gasteiger charge is 1.98.